The lowest BCUT2D eigenvalue weighted by Gasteiger charge is -2.11. The van der Waals surface area contributed by atoms with Gasteiger partial charge >= 0.3 is 0 Å². The number of carbonyl (C=O) groups excluding carboxylic acids is 2. The molecule has 3 aromatic rings. The molecule has 2 aromatic carbocycles. The molecule has 0 unspecified atom stereocenters. The van der Waals surface area contributed by atoms with Crippen LogP contribution in [0.15, 0.2) is 53.3 Å². The van der Waals surface area contributed by atoms with Gasteiger partial charge in [0.15, 0.2) is 5.78 Å². The Morgan fingerprint density at radius 2 is 2.09 bits per heavy atom. The highest BCUT2D eigenvalue weighted by Gasteiger charge is 2.17. The van der Waals surface area contributed by atoms with Gasteiger partial charge in [-0.1, -0.05) is 36.4 Å². The monoisotopic (exact) mass is 487 g/mol. The van der Waals surface area contributed by atoms with Crippen molar-refractivity contribution >= 4 is 35.2 Å². The lowest BCUT2D eigenvalue weighted by Crippen LogP contribution is -2.40. The molecule has 0 spiro atoms. The molecule has 1 aromatic heterocycles. The van der Waals surface area contributed by atoms with Crippen LogP contribution in [0.25, 0.3) is 12.2 Å². The number of nitriles is 1. The molecule has 1 aliphatic rings. The standard InChI is InChI=1S/C27H25N3O4S/c1-18-6-2-3-10-22(18)23(31)14-26-30(17-25(32)29-16-21-9-5-11-34-21)27(33)24(35-26)13-19-7-4-8-20(12-19)15-28/h2-4,6-8,10,12-14,21H,5,9,11,16-17H2,1H3,(H,29,32)/t21-/m1/s1. The van der Waals surface area contributed by atoms with Crippen molar-refractivity contribution in [3.05, 3.63) is 90.3 Å². The third kappa shape index (κ3) is 6.01. The Balaban J connectivity index is 1.72. The second-order valence-corrected chi connectivity index (χ2v) is 9.40. The zero-order valence-electron chi connectivity index (χ0n) is 19.3. The molecule has 1 saturated heterocycles. The Morgan fingerprint density at radius 1 is 1.26 bits per heavy atom. The number of aryl methyl sites for hydroxylation is 1. The van der Waals surface area contributed by atoms with Crippen molar-refractivity contribution < 1.29 is 14.3 Å². The summed E-state index contributed by atoms with van der Waals surface area (Å²) in [5, 5.41) is 12.0. The van der Waals surface area contributed by atoms with Gasteiger partial charge in [-0.25, -0.2) is 0 Å². The van der Waals surface area contributed by atoms with Crippen LogP contribution in [-0.4, -0.2) is 35.5 Å². The van der Waals surface area contributed by atoms with Crippen molar-refractivity contribution in [3.63, 3.8) is 0 Å². The average Bonchev–Trinajstić information content (AvgIpc) is 3.47. The van der Waals surface area contributed by atoms with Crippen molar-refractivity contribution in [2.45, 2.75) is 32.4 Å². The molecule has 8 heteroatoms. The molecule has 2 heterocycles. The van der Waals surface area contributed by atoms with E-state index in [9.17, 15) is 14.4 Å². The molecular formula is C27H25N3O4S. The van der Waals surface area contributed by atoms with E-state index in [1.54, 1.807) is 42.5 Å². The minimum Gasteiger partial charge on any atom is -0.376 e. The molecule has 178 valence electrons. The fourth-order valence-corrected chi connectivity index (χ4v) is 4.96. The molecule has 0 saturated carbocycles. The maximum absolute atomic E-state index is 13.3. The Hall–Kier alpha value is -3.80. The Morgan fingerprint density at radius 3 is 2.83 bits per heavy atom. The number of hydrogen-bond donors (Lipinski definition) is 1. The molecule has 0 aliphatic carbocycles. The molecule has 1 N–H and O–H groups in total. The maximum atomic E-state index is 13.3. The molecule has 1 atom stereocenters. The lowest BCUT2D eigenvalue weighted by atomic mass is 10.1. The lowest BCUT2D eigenvalue weighted by molar-refractivity contribution is -0.122. The van der Waals surface area contributed by atoms with Gasteiger partial charge in [0.2, 0.25) is 5.91 Å². The summed E-state index contributed by atoms with van der Waals surface area (Å²) in [5.74, 6) is -0.563. The van der Waals surface area contributed by atoms with Crippen LogP contribution in [0, 0.1) is 18.3 Å². The van der Waals surface area contributed by atoms with Crippen LogP contribution in [0.3, 0.4) is 0 Å². The van der Waals surface area contributed by atoms with Crippen LogP contribution in [-0.2, 0) is 16.1 Å². The van der Waals surface area contributed by atoms with E-state index in [-0.39, 0.29) is 29.9 Å². The topological polar surface area (TPSA) is 101 Å². The van der Waals surface area contributed by atoms with Gasteiger partial charge in [-0.15, -0.1) is 11.3 Å². The number of amides is 1. The Kier molecular flexibility index (Phi) is 7.70. The molecule has 4 rings (SSSR count). The third-order valence-electron chi connectivity index (χ3n) is 5.77. The van der Waals surface area contributed by atoms with Crippen LogP contribution in [0.2, 0.25) is 0 Å². The van der Waals surface area contributed by atoms with Crippen molar-refractivity contribution in [1.29, 1.82) is 5.26 Å². The first-order valence-electron chi connectivity index (χ1n) is 11.4. The highest BCUT2D eigenvalue weighted by molar-refractivity contribution is 7.07. The summed E-state index contributed by atoms with van der Waals surface area (Å²) >= 11 is 1.14. The number of thiazole rings is 1. The Bertz CT molecular complexity index is 1470. The van der Waals surface area contributed by atoms with Crippen LogP contribution >= 0.6 is 11.3 Å². The predicted octanol–water partition coefficient (Wildman–Crippen LogP) is 1.88. The molecule has 0 bridgehead atoms. The summed E-state index contributed by atoms with van der Waals surface area (Å²) in [4.78, 5) is 38.9. The maximum Gasteiger partial charge on any atom is 0.269 e. The zero-order chi connectivity index (χ0) is 24.8. The van der Waals surface area contributed by atoms with Crippen LogP contribution in [0.4, 0.5) is 0 Å². The summed E-state index contributed by atoms with van der Waals surface area (Å²) in [7, 11) is 0. The molecule has 1 aliphatic heterocycles. The second-order valence-electron chi connectivity index (χ2n) is 8.34. The minimum atomic E-state index is -0.367. The highest BCUT2D eigenvalue weighted by Crippen LogP contribution is 2.11. The number of ether oxygens (including phenoxy) is 1. The third-order valence-corrected chi connectivity index (χ3v) is 6.83. The van der Waals surface area contributed by atoms with Gasteiger partial charge in [0, 0.05) is 24.8 Å². The van der Waals surface area contributed by atoms with Crippen LogP contribution in [0.1, 0.15) is 39.9 Å². The van der Waals surface area contributed by atoms with E-state index in [4.69, 9.17) is 10.00 Å². The van der Waals surface area contributed by atoms with Gasteiger partial charge in [0.25, 0.3) is 5.56 Å². The number of ketones is 1. The van der Waals surface area contributed by atoms with E-state index in [0.717, 1.165) is 29.7 Å². The summed E-state index contributed by atoms with van der Waals surface area (Å²) in [6, 6.07) is 16.2. The molecule has 35 heavy (non-hydrogen) atoms. The summed E-state index contributed by atoms with van der Waals surface area (Å²) in [6.45, 7) is 2.72. The summed E-state index contributed by atoms with van der Waals surface area (Å²) < 4.78 is 7.63. The fourth-order valence-electron chi connectivity index (χ4n) is 3.91. The number of benzene rings is 2. The van der Waals surface area contributed by atoms with Gasteiger partial charge < -0.3 is 10.1 Å². The predicted molar refractivity (Wildman–Crippen MR) is 135 cm³/mol. The first kappa shape index (κ1) is 24.3. The van der Waals surface area contributed by atoms with Crippen molar-refractivity contribution in [3.8, 4) is 6.07 Å². The van der Waals surface area contributed by atoms with Crippen molar-refractivity contribution in [2.24, 2.45) is 0 Å². The molecular weight excluding hydrogens is 462 g/mol. The van der Waals surface area contributed by atoms with Crippen molar-refractivity contribution in [1.82, 2.24) is 9.88 Å². The first-order chi connectivity index (χ1) is 16.9. The molecule has 1 fully saturated rings. The van der Waals surface area contributed by atoms with E-state index in [1.807, 2.05) is 19.1 Å². The number of rotatable bonds is 7. The quantitative estimate of drug-likeness (QED) is 0.513. The number of aromatic nitrogens is 1. The van der Waals surface area contributed by atoms with E-state index >= 15 is 0 Å². The number of nitrogens with one attached hydrogen (secondary N) is 1. The van der Waals surface area contributed by atoms with Gasteiger partial charge in [-0.3, -0.25) is 19.0 Å². The number of carbonyl (C=O) groups is 2. The fraction of sp³-hybridized carbons (Fsp3) is 0.259. The number of Topliss-reactive ketones (excluding diaryl/α,β-unsaturated/α-hetero) is 1. The van der Waals surface area contributed by atoms with Gasteiger partial charge in [0.1, 0.15) is 11.2 Å². The van der Waals surface area contributed by atoms with E-state index < -0.39 is 0 Å². The van der Waals surface area contributed by atoms with Gasteiger partial charge in [-0.05, 0) is 49.1 Å². The number of hydrogen-bond acceptors (Lipinski definition) is 6. The molecule has 1 amide bonds. The summed E-state index contributed by atoms with van der Waals surface area (Å²) in [6.07, 6.45) is 4.93. The second kappa shape index (κ2) is 11.1. The average molecular weight is 488 g/mol. The van der Waals surface area contributed by atoms with Crippen molar-refractivity contribution in [2.75, 3.05) is 13.2 Å². The number of nitrogens with zero attached hydrogens (tertiary/aromatic N) is 2. The Labute approximate surface area is 206 Å². The van der Waals surface area contributed by atoms with Gasteiger partial charge in [0.05, 0.1) is 22.3 Å². The molecule has 7 nitrogen and oxygen atoms in total. The molecule has 0 radical (unpaired) electrons. The van der Waals surface area contributed by atoms with E-state index in [1.165, 1.54) is 10.6 Å². The SMILES string of the molecule is Cc1ccccc1C(=O)C=c1sc(=Cc2cccc(C#N)c2)c(=O)n1CC(=O)NC[C@H]1CCCO1. The van der Waals surface area contributed by atoms with E-state index in [0.29, 0.717) is 39.0 Å². The zero-order valence-corrected chi connectivity index (χ0v) is 20.1. The van der Waals surface area contributed by atoms with Crippen LogP contribution < -0.4 is 20.1 Å². The summed E-state index contributed by atoms with van der Waals surface area (Å²) in [5.41, 5.74) is 2.16. The van der Waals surface area contributed by atoms with Gasteiger partial charge in [-0.2, -0.15) is 5.26 Å². The van der Waals surface area contributed by atoms with E-state index in [2.05, 4.69) is 11.4 Å². The largest absolute Gasteiger partial charge is 0.376 e. The first-order valence-corrected chi connectivity index (χ1v) is 12.2. The van der Waals surface area contributed by atoms with Crippen LogP contribution in [0.5, 0.6) is 0 Å². The smallest absolute Gasteiger partial charge is 0.269 e. The highest BCUT2D eigenvalue weighted by atomic mass is 32.1. The normalized spacial score (nSPS) is 16.3. The minimum absolute atomic E-state index is 0.0110.